The molecular formula is C18H21N9O5S2. The number of primary sulfonamides is 1. The number of aromatic amines is 1. The van der Waals surface area contributed by atoms with Crippen LogP contribution in [0.4, 0.5) is 5.95 Å². The minimum Gasteiger partial charge on any atom is -0.391 e. The van der Waals surface area contributed by atoms with E-state index in [0.29, 0.717) is 16.6 Å². The average molecular weight is 508 g/mol. The number of sulfonamides is 1. The number of aromatic nitrogens is 6. The number of para-hydroxylation sites is 1. The fourth-order valence-corrected chi connectivity index (χ4v) is 6.71. The lowest BCUT2D eigenvalue weighted by atomic mass is 9.98. The molecule has 1 atom stereocenters. The predicted octanol–water partition coefficient (Wildman–Crippen LogP) is -1.26. The highest BCUT2D eigenvalue weighted by Crippen LogP contribution is 2.41. The van der Waals surface area contributed by atoms with Gasteiger partial charge >= 0.3 is 0 Å². The summed E-state index contributed by atoms with van der Waals surface area (Å²) in [4.78, 5) is 2.99. The molecule has 0 aliphatic carbocycles. The predicted molar refractivity (Wildman–Crippen MR) is 122 cm³/mol. The molecule has 0 aliphatic heterocycles. The van der Waals surface area contributed by atoms with Crippen LogP contribution in [0.1, 0.15) is 0 Å². The molecule has 0 aliphatic rings. The standard InChI is InChI=1S/C18H21N9O5S2/c1-27-12-4-2-3-11(15(12)22-18(27)20)10-5-6-13(33(29,30)8-9(28)7-19)16(34(21,31)32)14(10)17-23-25-26-24-17/h2-6,9,28H,7-8,19H2,1H3,(H2,20,22)(H2,21,31,32)(H,23,24,25,26). The number of rotatable bonds is 7. The van der Waals surface area contributed by atoms with Gasteiger partial charge in [0.2, 0.25) is 21.8 Å². The van der Waals surface area contributed by atoms with Crippen molar-refractivity contribution in [2.24, 2.45) is 17.9 Å². The molecule has 4 aromatic rings. The van der Waals surface area contributed by atoms with Crippen molar-refractivity contribution in [2.75, 3.05) is 18.0 Å². The fourth-order valence-electron chi connectivity index (χ4n) is 3.67. The first-order valence-electron chi connectivity index (χ1n) is 9.71. The van der Waals surface area contributed by atoms with Gasteiger partial charge < -0.3 is 21.1 Å². The van der Waals surface area contributed by atoms with Gasteiger partial charge in [0.25, 0.3) is 0 Å². The summed E-state index contributed by atoms with van der Waals surface area (Å²) in [6, 6.07) is 7.62. The Balaban J connectivity index is 2.14. The van der Waals surface area contributed by atoms with E-state index < -0.39 is 41.5 Å². The lowest BCUT2D eigenvalue weighted by Crippen LogP contribution is -2.30. The Labute approximate surface area is 193 Å². The summed E-state index contributed by atoms with van der Waals surface area (Å²) in [6.45, 7) is -0.344. The second-order valence-electron chi connectivity index (χ2n) is 7.47. The highest BCUT2D eigenvalue weighted by atomic mass is 32.2. The Morgan fingerprint density at radius 1 is 1.15 bits per heavy atom. The Morgan fingerprint density at radius 2 is 1.88 bits per heavy atom. The van der Waals surface area contributed by atoms with Crippen molar-refractivity contribution in [1.29, 1.82) is 0 Å². The number of benzene rings is 2. The number of imidazole rings is 1. The number of anilines is 1. The lowest BCUT2D eigenvalue weighted by Gasteiger charge is -2.17. The molecule has 2 aromatic carbocycles. The highest BCUT2D eigenvalue weighted by Gasteiger charge is 2.33. The van der Waals surface area contributed by atoms with Crippen LogP contribution in [0.3, 0.4) is 0 Å². The molecule has 0 bridgehead atoms. The normalized spacial score (nSPS) is 13.4. The first-order valence-corrected chi connectivity index (χ1v) is 12.9. The molecular weight excluding hydrogens is 486 g/mol. The van der Waals surface area contributed by atoms with Crippen molar-refractivity contribution in [1.82, 2.24) is 30.2 Å². The summed E-state index contributed by atoms with van der Waals surface area (Å²) < 4.78 is 53.3. The number of nitrogens with two attached hydrogens (primary N) is 3. The molecule has 14 nitrogen and oxygen atoms in total. The first kappa shape index (κ1) is 23.7. The second-order valence-corrected chi connectivity index (χ2v) is 11.0. The minimum atomic E-state index is -4.67. The number of hydrogen-bond acceptors (Lipinski definition) is 11. The topological polar surface area (TPSA) is 239 Å². The van der Waals surface area contributed by atoms with Gasteiger partial charge in [0.15, 0.2) is 9.84 Å². The van der Waals surface area contributed by atoms with Crippen molar-refractivity contribution in [3.8, 4) is 22.5 Å². The molecule has 1 unspecified atom stereocenters. The van der Waals surface area contributed by atoms with E-state index in [0.717, 1.165) is 6.07 Å². The number of H-pyrrole nitrogens is 1. The smallest absolute Gasteiger partial charge is 0.240 e. The van der Waals surface area contributed by atoms with Gasteiger partial charge in [-0.05, 0) is 22.9 Å². The zero-order chi connectivity index (χ0) is 24.8. The van der Waals surface area contributed by atoms with E-state index in [1.807, 2.05) is 0 Å². The molecule has 8 N–H and O–H groups in total. The number of aliphatic hydroxyl groups excluding tert-OH is 1. The van der Waals surface area contributed by atoms with Crippen LogP contribution in [0.5, 0.6) is 0 Å². The minimum absolute atomic E-state index is 0.198. The number of hydrogen-bond donors (Lipinski definition) is 5. The van der Waals surface area contributed by atoms with Gasteiger partial charge in [0.05, 0.1) is 33.3 Å². The van der Waals surface area contributed by atoms with E-state index in [-0.39, 0.29) is 29.4 Å². The summed E-state index contributed by atoms with van der Waals surface area (Å²) in [5, 5.41) is 28.8. The summed E-state index contributed by atoms with van der Waals surface area (Å²) in [5.74, 6) is -0.815. The molecule has 2 aromatic heterocycles. The zero-order valence-corrected chi connectivity index (χ0v) is 19.4. The number of tetrazole rings is 1. The van der Waals surface area contributed by atoms with Crippen LogP contribution in [-0.2, 0) is 26.9 Å². The van der Waals surface area contributed by atoms with Crippen molar-refractivity contribution in [2.45, 2.75) is 15.9 Å². The van der Waals surface area contributed by atoms with Crippen molar-refractivity contribution < 1.29 is 21.9 Å². The van der Waals surface area contributed by atoms with Crippen molar-refractivity contribution in [3.05, 3.63) is 30.3 Å². The highest BCUT2D eigenvalue weighted by molar-refractivity contribution is 7.93. The maximum absolute atomic E-state index is 13.1. The van der Waals surface area contributed by atoms with Crippen LogP contribution in [0.15, 0.2) is 40.1 Å². The summed E-state index contributed by atoms with van der Waals surface area (Å²) in [5.41, 5.74) is 12.8. The number of aliphatic hydroxyl groups is 1. The third kappa shape index (κ3) is 4.01. The van der Waals surface area contributed by atoms with Gasteiger partial charge in [0, 0.05) is 19.2 Å². The van der Waals surface area contributed by atoms with Gasteiger partial charge in [0.1, 0.15) is 4.90 Å². The van der Waals surface area contributed by atoms with E-state index in [2.05, 4.69) is 25.6 Å². The quantitative estimate of drug-likeness (QED) is 0.198. The third-order valence-corrected chi connectivity index (χ3v) is 8.19. The number of nitrogens with zero attached hydrogens (tertiary/aromatic N) is 5. The molecule has 0 radical (unpaired) electrons. The molecule has 2 heterocycles. The molecule has 0 spiro atoms. The van der Waals surface area contributed by atoms with Crippen molar-refractivity contribution >= 4 is 36.8 Å². The summed E-state index contributed by atoms with van der Waals surface area (Å²) in [7, 11) is -7.31. The van der Waals surface area contributed by atoms with E-state index in [4.69, 9.17) is 16.6 Å². The maximum Gasteiger partial charge on any atom is 0.240 e. The second kappa shape index (κ2) is 8.41. The number of fused-ring (bicyclic) bond motifs is 1. The van der Waals surface area contributed by atoms with Gasteiger partial charge in [-0.3, -0.25) is 0 Å². The lowest BCUT2D eigenvalue weighted by molar-refractivity contribution is 0.205. The van der Waals surface area contributed by atoms with Gasteiger partial charge in [-0.15, -0.1) is 10.2 Å². The van der Waals surface area contributed by atoms with Crippen molar-refractivity contribution in [3.63, 3.8) is 0 Å². The Hall–Kier alpha value is -3.44. The third-order valence-electron chi connectivity index (χ3n) is 5.23. The number of aryl methyl sites for hydroxylation is 1. The summed E-state index contributed by atoms with van der Waals surface area (Å²) in [6.07, 6.45) is -1.42. The Kier molecular flexibility index (Phi) is 5.86. The summed E-state index contributed by atoms with van der Waals surface area (Å²) >= 11 is 0. The van der Waals surface area contributed by atoms with Crippen LogP contribution >= 0.6 is 0 Å². The van der Waals surface area contributed by atoms with E-state index in [9.17, 15) is 21.9 Å². The first-order chi connectivity index (χ1) is 16.0. The number of sulfone groups is 1. The molecule has 0 amide bonds. The zero-order valence-electron chi connectivity index (χ0n) is 17.7. The molecule has 180 valence electrons. The Morgan fingerprint density at radius 3 is 2.50 bits per heavy atom. The molecule has 16 heteroatoms. The average Bonchev–Trinajstić information content (AvgIpc) is 3.40. The van der Waals surface area contributed by atoms with Crippen LogP contribution < -0.4 is 16.6 Å². The molecule has 4 rings (SSSR count). The number of nitrogen functional groups attached to an aromatic ring is 1. The molecule has 0 saturated heterocycles. The monoisotopic (exact) mass is 507 g/mol. The SMILES string of the molecule is Cn1c(N)nc2c(-c3ccc(S(=O)(=O)CC(O)CN)c(S(N)(=O)=O)c3-c3nn[nH]n3)cccc21. The van der Waals surface area contributed by atoms with E-state index >= 15 is 0 Å². The van der Waals surface area contributed by atoms with Gasteiger partial charge in [-0.25, -0.2) is 27.0 Å². The van der Waals surface area contributed by atoms with Gasteiger partial charge in [-0.1, -0.05) is 18.2 Å². The van der Waals surface area contributed by atoms with Crippen LogP contribution in [0.25, 0.3) is 33.5 Å². The molecule has 0 fully saturated rings. The Bertz CT molecular complexity index is 1600. The molecule has 0 saturated carbocycles. The number of nitrogens with one attached hydrogen (secondary N) is 1. The largest absolute Gasteiger partial charge is 0.391 e. The van der Waals surface area contributed by atoms with Crippen LogP contribution in [-0.4, -0.2) is 70.5 Å². The van der Waals surface area contributed by atoms with Gasteiger partial charge in [-0.2, -0.15) is 5.21 Å². The van der Waals surface area contributed by atoms with Crippen LogP contribution in [0.2, 0.25) is 0 Å². The van der Waals surface area contributed by atoms with Crippen LogP contribution in [0, 0.1) is 0 Å². The fraction of sp³-hybridized carbons (Fsp3) is 0.222. The van der Waals surface area contributed by atoms with E-state index in [1.165, 1.54) is 6.07 Å². The maximum atomic E-state index is 13.1. The van der Waals surface area contributed by atoms with E-state index in [1.54, 1.807) is 29.8 Å². The molecule has 34 heavy (non-hydrogen) atoms.